The van der Waals surface area contributed by atoms with Crippen LogP contribution < -0.4 is 10.6 Å². The van der Waals surface area contributed by atoms with Crippen molar-refractivity contribution >= 4 is 17.4 Å². The van der Waals surface area contributed by atoms with Crippen molar-refractivity contribution in [2.45, 2.75) is 13.5 Å². The molecule has 2 heterocycles. The molecule has 0 fully saturated rings. The van der Waals surface area contributed by atoms with Crippen LogP contribution in [-0.4, -0.2) is 28.0 Å². The van der Waals surface area contributed by atoms with Crippen LogP contribution >= 0.6 is 0 Å². The number of aromatic nitrogens is 2. The van der Waals surface area contributed by atoms with E-state index in [1.165, 1.54) is 6.07 Å². The van der Waals surface area contributed by atoms with Gasteiger partial charge in [-0.15, -0.1) is 0 Å². The minimum atomic E-state index is -0.607. The number of carbonyl (C=O) groups excluding carboxylic acids is 1. The van der Waals surface area contributed by atoms with E-state index in [2.05, 4.69) is 20.8 Å². The number of aryl methyl sites for hydroxylation is 1. The van der Waals surface area contributed by atoms with E-state index in [-0.39, 0.29) is 23.6 Å². The summed E-state index contributed by atoms with van der Waals surface area (Å²) in [7, 11) is 1.58. The number of rotatable bonds is 5. The van der Waals surface area contributed by atoms with Crippen LogP contribution in [0.2, 0.25) is 0 Å². The molecule has 9 heteroatoms. The van der Waals surface area contributed by atoms with Gasteiger partial charge < -0.3 is 15.2 Å². The number of nitrogens with one attached hydrogen (secondary N) is 2. The van der Waals surface area contributed by atoms with Crippen molar-refractivity contribution < 1.29 is 14.2 Å². The predicted octanol–water partition coefficient (Wildman–Crippen LogP) is 1.26. The van der Waals surface area contributed by atoms with Gasteiger partial charge >= 0.3 is 0 Å². The molecule has 0 aliphatic heterocycles. The molecule has 110 valence electrons. The number of anilines is 1. The second-order valence-electron chi connectivity index (χ2n) is 4.21. The van der Waals surface area contributed by atoms with Gasteiger partial charge in [-0.2, -0.15) is 0 Å². The fourth-order valence-corrected chi connectivity index (χ4v) is 1.69. The molecule has 0 radical (unpaired) electrons. The Morgan fingerprint density at radius 3 is 2.81 bits per heavy atom. The molecular weight excluding hydrogens is 278 g/mol. The molecule has 2 aromatic heterocycles. The number of nitro groups is 1. The first-order valence-electron chi connectivity index (χ1n) is 6.04. The Hall–Kier alpha value is -2.97. The van der Waals surface area contributed by atoms with Crippen LogP contribution in [0.1, 0.15) is 21.8 Å². The molecule has 0 bridgehead atoms. The molecule has 0 saturated carbocycles. The first-order valence-corrected chi connectivity index (χ1v) is 6.04. The molecule has 0 atom stereocenters. The van der Waals surface area contributed by atoms with E-state index in [1.54, 1.807) is 20.0 Å². The summed E-state index contributed by atoms with van der Waals surface area (Å²) in [5.41, 5.74) is 0.397. The molecule has 0 aliphatic rings. The SMILES string of the molecule is CNc1ncc([N+](=O)[O-])cc1C(=O)NCc1cc(C)on1. The summed E-state index contributed by atoms with van der Waals surface area (Å²) < 4.78 is 4.88. The molecule has 0 aromatic carbocycles. The Bertz CT molecular complexity index is 682. The first kappa shape index (κ1) is 14.4. The second kappa shape index (κ2) is 5.99. The van der Waals surface area contributed by atoms with Gasteiger partial charge in [0.05, 0.1) is 17.0 Å². The standard InChI is InChI=1S/C12H13N5O4/c1-7-3-8(16-21-7)5-15-12(18)10-4-9(17(19)20)6-14-11(10)13-2/h3-4,6H,5H2,1-2H3,(H,13,14)(H,15,18). The minimum absolute atomic E-state index is 0.0897. The Balaban J connectivity index is 2.17. The fourth-order valence-electron chi connectivity index (χ4n) is 1.69. The van der Waals surface area contributed by atoms with Gasteiger partial charge in [0.25, 0.3) is 11.6 Å². The number of carbonyl (C=O) groups is 1. The van der Waals surface area contributed by atoms with E-state index in [9.17, 15) is 14.9 Å². The number of hydrogen-bond donors (Lipinski definition) is 2. The summed E-state index contributed by atoms with van der Waals surface area (Å²) in [6.07, 6.45) is 1.09. The summed E-state index contributed by atoms with van der Waals surface area (Å²) >= 11 is 0. The van der Waals surface area contributed by atoms with Gasteiger partial charge in [0.15, 0.2) is 0 Å². The third kappa shape index (κ3) is 3.32. The quantitative estimate of drug-likeness (QED) is 0.627. The fraction of sp³-hybridized carbons (Fsp3) is 0.250. The van der Waals surface area contributed by atoms with Crippen LogP contribution in [0.15, 0.2) is 22.9 Å². The van der Waals surface area contributed by atoms with Crippen molar-refractivity contribution in [2.24, 2.45) is 0 Å². The van der Waals surface area contributed by atoms with Gasteiger partial charge in [-0.3, -0.25) is 14.9 Å². The summed E-state index contributed by atoms with van der Waals surface area (Å²) in [4.78, 5) is 26.1. The van der Waals surface area contributed by atoms with Crippen molar-refractivity contribution in [1.29, 1.82) is 0 Å². The summed E-state index contributed by atoms with van der Waals surface area (Å²) in [5.74, 6) is 0.401. The lowest BCUT2D eigenvalue weighted by Crippen LogP contribution is -2.24. The predicted molar refractivity (Wildman–Crippen MR) is 72.8 cm³/mol. The van der Waals surface area contributed by atoms with Crippen molar-refractivity contribution in [3.8, 4) is 0 Å². The smallest absolute Gasteiger partial charge is 0.288 e. The molecule has 0 spiro atoms. The molecule has 1 amide bonds. The topological polar surface area (TPSA) is 123 Å². The first-order chi connectivity index (χ1) is 10.0. The van der Waals surface area contributed by atoms with Gasteiger partial charge in [-0.1, -0.05) is 5.16 Å². The normalized spacial score (nSPS) is 10.2. The molecule has 21 heavy (non-hydrogen) atoms. The van der Waals surface area contributed by atoms with E-state index in [4.69, 9.17) is 4.52 Å². The molecule has 0 saturated heterocycles. The van der Waals surface area contributed by atoms with Crippen LogP contribution in [0.5, 0.6) is 0 Å². The van der Waals surface area contributed by atoms with E-state index < -0.39 is 10.8 Å². The largest absolute Gasteiger partial charge is 0.372 e. The molecule has 2 rings (SSSR count). The average molecular weight is 291 g/mol. The molecule has 0 unspecified atom stereocenters. The van der Waals surface area contributed by atoms with Crippen molar-refractivity contribution in [1.82, 2.24) is 15.5 Å². The van der Waals surface area contributed by atoms with E-state index >= 15 is 0 Å². The van der Waals surface area contributed by atoms with Gasteiger partial charge in [0.1, 0.15) is 23.5 Å². The Kier molecular flexibility index (Phi) is 4.12. The third-order valence-corrected chi connectivity index (χ3v) is 2.67. The maximum absolute atomic E-state index is 12.1. The summed E-state index contributed by atoms with van der Waals surface area (Å²) in [5, 5.41) is 19.8. The van der Waals surface area contributed by atoms with Crippen molar-refractivity contribution in [2.75, 3.05) is 12.4 Å². The summed E-state index contributed by atoms with van der Waals surface area (Å²) in [6.45, 7) is 1.89. The van der Waals surface area contributed by atoms with Crippen LogP contribution in [0.3, 0.4) is 0 Å². The van der Waals surface area contributed by atoms with Crippen molar-refractivity contribution in [3.63, 3.8) is 0 Å². The lowest BCUT2D eigenvalue weighted by atomic mass is 10.2. The number of hydrogen-bond acceptors (Lipinski definition) is 7. The molecule has 9 nitrogen and oxygen atoms in total. The lowest BCUT2D eigenvalue weighted by Gasteiger charge is -2.07. The van der Waals surface area contributed by atoms with Gasteiger partial charge in [0, 0.05) is 19.2 Å². The Labute approximate surface area is 119 Å². The van der Waals surface area contributed by atoms with Crippen molar-refractivity contribution in [3.05, 3.63) is 45.5 Å². The number of nitrogens with zero attached hydrogens (tertiary/aromatic N) is 3. The van der Waals surface area contributed by atoms with E-state index in [0.717, 1.165) is 6.20 Å². The molecule has 2 N–H and O–H groups in total. The third-order valence-electron chi connectivity index (χ3n) is 2.67. The number of amides is 1. The van der Waals surface area contributed by atoms with Crippen LogP contribution in [-0.2, 0) is 6.54 Å². The molecule has 0 aliphatic carbocycles. The van der Waals surface area contributed by atoms with Crippen LogP contribution in [0.4, 0.5) is 11.5 Å². The van der Waals surface area contributed by atoms with Gasteiger partial charge in [-0.25, -0.2) is 4.98 Å². The minimum Gasteiger partial charge on any atom is -0.372 e. The maximum Gasteiger partial charge on any atom is 0.288 e. The highest BCUT2D eigenvalue weighted by molar-refractivity contribution is 5.99. The van der Waals surface area contributed by atoms with E-state index in [1.807, 2.05) is 0 Å². The Morgan fingerprint density at radius 1 is 1.48 bits per heavy atom. The maximum atomic E-state index is 12.1. The van der Waals surface area contributed by atoms with Crippen LogP contribution in [0, 0.1) is 17.0 Å². The second-order valence-corrected chi connectivity index (χ2v) is 4.21. The van der Waals surface area contributed by atoms with E-state index in [0.29, 0.717) is 11.5 Å². The molecular formula is C12H13N5O4. The monoisotopic (exact) mass is 291 g/mol. The summed E-state index contributed by atoms with van der Waals surface area (Å²) in [6, 6.07) is 2.85. The average Bonchev–Trinajstić information content (AvgIpc) is 2.89. The highest BCUT2D eigenvalue weighted by Crippen LogP contribution is 2.18. The zero-order valence-corrected chi connectivity index (χ0v) is 11.4. The zero-order chi connectivity index (χ0) is 15.4. The highest BCUT2D eigenvalue weighted by atomic mass is 16.6. The highest BCUT2D eigenvalue weighted by Gasteiger charge is 2.17. The zero-order valence-electron chi connectivity index (χ0n) is 11.4. The van der Waals surface area contributed by atoms with Gasteiger partial charge in [-0.05, 0) is 6.92 Å². The van der Waals surface area contributed by atoms with Gasteiger partial charge in [0.2, 0.25) is 0 Å². The Morgan fingerprint density at radius 2 is 2.24 bits per heavy atom. The molecule has 2 aromatic rings. The van der Waals surface area contributed by atoms with Crippen LogP contribution in [0.25, 0.3) is 0 Å². The lowest BCUT2D eigenvalue weighted by molar-refractivity contribution is -0.385. The number of pyridine rings is 1.